The van der Waals surface area contributed by atoms with Crippen LogP contribution in [0.1, 0.15) is 36.8 Å². The van der Waals surface area contributed by atoms with Gasteiger partial charge in [0.2, 0.25) is 20.0 Å². The number of carbonyl (C=O) groups excluding carboxylic acids is 1. The van der Waals surface area contributed by atoms with E-state index in [4.69, 9.17) is 4.74 Å². The smallest absolute Gasteiger partial charge is 0.328 e. The van der Waals surface area contributed by atoms with Crippen molar-refractivity contribution in [2.75, 3.05) is 7.11 Å². The van der Waals surface area contributed by atoms with Crippen molar-refractivity contribution in [3.8, 4) is 0 Å². The number of methoxy groups -OCH3 is 1. The highest BCUT2D eigenvalue weighted by Gasteiger charge is 2.52. The van der Waals surface area contributed by atoms with Gasteiger partial charge in [0.25, 0.3) is 0 Å². The standard InChI is InChI=1S/C22H28N2O6S2/c1-16-7-11-18(12-8-16)31(26,27)23-20-6-4-5-15-22(20,21(25)30-3)24-32(28,29)19-13-9-17(2)10-14-19/h7-14,20,23-24H,4-6,15H2,1-3H3/t20-,22-/m0/s1. The summed E-state index contributed by atoms with van der Waals surface area (Å²) in [6.45, 7) is 3.67. The molecule has 0 saturated heterocycles. The van der Waals surface area contributed by atoms with Gasteiger partial charge in [0.15, 0.2) is 0 Å². The highest BCUT2D eigenvalue weighted by molar-refractivity contribution is 7.90. The number of hydrogen-bond acceptors (Lipinski definition) is 6. The van der Waals surface area contributed by atoms with Crippen molar-refractivity contribution in [1.82, 2.24) is 9.44 Å². The van der Waals surface area contributed by atoms with Gasteiger partial charge in [0.1, 0.15) is 5.54 Å². The number of sulfonamides is 2. The molecule has 0 bridgehead atoms. The first kappa shape index (κ1) is 24.4. The van der Waals surface area contributed by atoms with E-state index in [-0.39, 0.29) is 22.6 Å². The average Bonchev–Trinajstić information content (AvgIpc) is 2.75. The molecule has 3 rings (SSSR count). The molecule has 0 unspecified atom stereocenters. The van der Waals surface area contributed by atoms with E-state index in [1.807, 2.05) is 13.8 Å². The summed E-state index contributed by atoms with van der Waals surface area (Å²) in [6, 6.07) is 11.4. The minimum Gasteiger partial charge on any atom is -0.468 e. The summed E-state index contributed by atoms with van der Waals surface area (Å²) in [4.78, 5) is 13.0. The van der Waals surface area contributed by atoms with Crippen LogP contribution in [0.25, 0.3) is 0 Å². The summed E-state index contributed by atoms with van der Waals surface area (Å²) in [5, 5.41) is 0. The Morgan fingerprint density at radius 3 is 1.88 bits per heavy atom. The van der Waals surface area contributed by atoms with Gasteiger partial charge >= 0.3 is 5.97 Å². The Kier molecular flexibility index (Phi) is 7.09. The molecule has 1 saturated carbocycles. The van der Waals surface area contributed by atoms with Gasteiger partial charge < -0.3 is 4.74 Å². The summed E-state index contributed by atoms with van der Waals surface area (Å²) in [5.74, 6) is -0.829. The SMILES string of the molecule is COC(=O)[C@]1(NS(=O)(=O)c2ccc(C)cc2)CCCC[C@@H]1NS(=O)(=O)c1ccc(C)cc1. The van der Waals surface area contributed by atoms with E-state index in [2.05, 4.69) is 9.44 Å². The molecular weight excluding hydrogens is 452 g/mol. The van der Waals surface area contributed by atoms with E-state index in [9.17, 15) is 21.6 Å². The molecule has 2 atom stereocenters. The molecule has 0 spiro atoms. The van der Waals surface area contributed by atoms with Crippen molar-refractivity contribution >= 4 is 26.0 Å². The van der Waals surface area contributed by atoms with E-state index >= 15 is 0 Å². The van der Waals surface area contributed by atoms with Crippen LogP contribution in [0.2, 0.25) is 0 Å². The Labute approximate surface area is 189 Å². The number of ether oxygens (including phenoxy) is 1. The summed E-state index contributed by atoms with van der Waals surface area (Å²) >= 11 is 0. The maximum Gasteiger partial charge on any atom is 0.328 e. The lowest BCUT2D eigenvalue weighted by Crippen LogP contribution is -2.67. The summed E-state index contributed by atoms with van der Waals surface area (Å²) in [5.41, 5.74) is 0.0125. The lowest BCUT2D eigenvalue weighted by atomic mass is 9.78. The molecule has 10 heteroatoms. The zero-order chi connectivity index (χ0) is 23.6. The van der Waals surface area contributed by atoms with E-state index in [1.165, 1.54) is 24.3 Å². The van der Waals surface area contributed by atoms with E-state index < -0.39 is 37.6 Å². The van der Waals surface area contributed by atoms with E-state index in [1.54, 1.807) is 24.3 Å². The first-order valence-electron chi connectivity index (χ1n) is 10.3. The van der Waals surface area contributed by atoms with Gasteiger partial charge in [0, 0.05) is 0 Å². The Hall–Kier alpha value is -2.27. The Bertz CT molecular complexity index is 1180. The second kappa shape index (κ2) is 9.30. The molecule has 2 N–H and O–H groups in total. The molecule has 0 heterocycles. The Balaban J connectivity index is 2.00. The number of hydrogen-bond donors (Lipinski definition) is 2. The molecule has 1 aliphatic rings. The summed E-state index contributed by atoms with van der Waals surface area (Å²) in [7, 11) is -6.99. The molecule has 1 aliphatic carbocycles. The Morgan fingerprint density at radius 1 is 0.875 bits per heavy atom. The fourth-order valence-corrected chi connectivity index (χ4v) is 6.66. The van der Waals surface area contributed by atoms with Crippen LogP contribution in [-0.2, 0) is 29.6 Å². The van der Waals surface area contributed by atoms with Gasteiger partial charge in [-0.05, 0) is 51.0 Å². The zero-order valence-electron chi connectivity index (χ0n) is 18.3. The van der Waals surface area contributed by atoms with Crippen LogP contribution in [-0.4, -0.2) is 41.5 Å². The minimum absolute atomic E-state index is 0.0166. The number of benzene rings is 2. The van der Waals surface area contributed by atoms with Crippen LogP contribution < -0.4 is 9.44 Å². The average molecular weight is 481 g/mol. The maximum atomic E-state index is 13.2. The third-order valence-corrected chi connectivity index (χ3v) is 8.75. The molecule has 2 aromatic rings. The van der Waals surface area contributed by atoms with Crippen molar-refractivity contribution in [3.63, 3.8) is 0 Å². The molecule has 2 aromatic carbocycles. The molecule has 174 valence electrons. The number of esters is 1. The van der Waals surface area contributed by atoms with E-state index in [0.29, 0.717) is 12.8 Å². The molecule has 1 fully saturated rings. The van der Waals surface area contributed by atoms with Gasteiger partial charge in [-0.1, -0.05) is 48.2 Å². The van der Waals surface area contributed by atoms with Gasteiger partial charge in [-0.3, -0.25) is 0 Å². The van der Waals surface area contributed by atoms with Crippen LogP contribution in [0.15, 0.2) is 58.3 Å². The fourth-order valence-electron chi connectivity index (χ4n) is 3.91. The second-order valence-electron chi connectivity index (χ2n) is 8.11. The normalized spacial score (nSPS) is 21.8. The van der Waals surface area contributed by atoms with Gasteiger partial charge in [-0.2, -0.15) is 4.72 Å². The number of nitrogens with one attached hydrogen (secondary N) is 2. The molecule has 0 aromatic heterocycles. The lowest BCUT2D eigenvalue weighted by Gasteiger charge is -2.41. The van der Waals surface area contributed by atoms with Gasteiger partial charge in [-0.25, -0.2) is 26.4 Å². The van der Waals surface area contributed by atoms with E-state index in [0.717, 1.165) is 18.2 Å². The number of aryl methyl sites for hydroxylation is 2. The quantitative estimate of drug-likeness (QED) is 0.588. The van der Waals surface area contributed by atoms with Crippen LogP contribution in [0.5, 0.6) is 0 Å². The van der Waals surface area contributed by atoms with Crippen LogP contribution in [0.4, 0.5) is 0 Å². The number of carbonyl (C=O) groups is 1. The third kappa shape index (κ3) is 5.03. The monoisotopic (exact) mass is 480 g/mol. The van der Waals surface area contributed by atoms with Crippen LogP contribution in [0.3, 0.4) is 0 Å². The van der Waals surface area contributed by atoms with Gasteiger partial charge in [0.05, 0.1) is 22.9 Å². The lowest BCUT2D eigenvalue weighted by molar-refractivity contribution is -0.150. The topological polar surface area (TPSA) is 119 Å². The first-order chi connectivity index (χ1) is 15.0. The highest BCUT2D eigenvalue weighted by Crippen LogP contribution is 2.33. The summed E-state index contributed by atoms with van der Waals surface area (Å²) < 4.78 is 62.4. The Morgan fingerprint density at radius 2 is 1.38 bits per heavy atom. The second-order valence-corrected chi connectivity index (χ2v) is 11.5. The van der Waals surface area contributed by atoms with Crippen LogP contribution in [0, 0.1) is 13.8 Å². The molecule has 0 aliphatic heterocycles. The van der Waals surface area contributed by atoms with Crippen molar-refractivity contribution in [2.24, 2.45) is 0 Å². The predicted octanol–water partition coefficient (Wildman–Crippen LogP) is 2.41. The minimum atomic E-state index is -4.13. The first-order valence-corrected chi connectivity index (χ1v) is 13.2. The van der Waals surface area contributed by atoms with Crippen molar-refractivity contribution in [1.29, 1.82) is 0 Å². The fraction of sp³-hybridized carbons (Fsp3) is 0.409. The molecular formula is C22H28N2O6S2. The zero-order valence-corrected chi connectivity index (χ0v) is 19.9. The van der Waals surface area contributed by atoms with Crippen molar-refractivity contribution in [2.45, 2.75) is 60.9 Å². The summed E-state index contributed by atoms with van der Waals surface area (Å²) in [6.07, 6.45) is 1.54. The predicted molar refractivity (Wildman–Crippen MR) is 120 cm³/mol. The molecule has 32 heavy (non-hydrogen) atoms. The van der Waals surface area contributed by atoms with Crippen molar-refractivity contribution < 1.29 is 26.4 Å². The van der Waals surface area contributed by atoms with Gasteiger partial charge in [-0.15, -0.1) is 0 Å². The van der Waals surface area contributed by atoms with Crippen molar-refractivity contribution in [3.05, 3.63) is 59.7 Å². The third-order valence-electron chi connectivity index (χ3n) is 5.73. The highest BCUT2D eigenvalue weighted by atomic mass is 32.2. The maximum absolute atomic E-state index is 13.2. The number of rotatable bonds is 7. The molecule has 0 radical (unpaired) electrons. The molecule has 0 amide bonds. The molecule has 8 nitrogen and oxygen atoms in total. The van der Waals surface area contributed by atoms with Crippen LogP contribution >= 0.6 is 0 Å². The largest absolute Gasteiger partial charge is 0.468 e.